The summed E-state index contributed by atoms with van der Waals surface area (Å²) in [5.74, 6) is -0.219. The van der Waals surface area contributed by atoms with Crippen molar-refractivity contribution in [3.8, 4) is 0 Å². The molecule has 2 heterocycles. The van der Waals surface area contributed by atoms with E-state index < -0.39 is 0 Å². The quantitative estimate of drug-likeness (QED) is 0.0467. The van der Waals surface area contributed by atoms with Gasteiger partial charge in [0.1, 0.15) is 9.22 Å². The van der Waals surface area contributed by atoms with Crippen LogP contribution in [0.2, 0.25) is 0 Å². The van der Waals surface area contributed by atoms with Crippen molar-refractivity contribution in [2.45, 2.75) is 143 Å². The van der Waals surface area contributed by atoms with E-state index in [4.69, 9.17) is 15.2 Å². The van der Waals surface area contributed by atoms with Gasteiger partial charge in [-0.15, -0.1) is 0 Å². The van der Waals surface area contributed by atoms with Gasteiger partial charge in [-0.1, -0.05) is 118 Å². The third-order valence-electron chi connectivity index (χ3n) is 8.50. The predicted octanol–water partition coefficient (Wildman–Crippen LogP) is 8.66. The van der Waals surface area contributed by atoms with Crippen LogP contribution >= 0.6 is 22.6 Å². The highest BCUT2D eigenvalue weighted by Gasteiger charge is 2.21. The van der Waals surface area contributed by atoms with Crippen LogP contribution in [0.25, 0.3) is 11.2 Å². The normalized spacial score (nSPS) is 13.0. The van der Waals surface area contributed by atoms with Crippen LogP contribution in [0, 0.1) is 21.5 Å². The maximum absolute atomic E-state index is 12.6. The second-order valence-electron chi connectivity index (χ2n) is 12.7. The number of esters is 2. The summed E-state index contributed by atoms with van der Waals surface area (Å²) in [4.78, 5) is 37.9. The maximum atomic E-state index is 12.6. The van der Waals surface area contributed by atoms with Crippen LogP contribution in [0.5, 0.6) is 0 Å². The van der Waals surface area contributed by atoms with Gasteiger partial charge >= 0.3 is 11.9 Å². The largest absolute Gasteiger partial charge is 0.465 e. The number of unbranched alkanes of at least 4 members (excludes halogenated alkanes) is 14. The van der Waals surface area contributed by atoms with E-state index in [1.54, 1.807) is 6.33 Å². The van der Waals surface area contributed by atoms with Crippen molar-refractivity contribution in [1.29, 1.82) is 0 Å². The van der Waals surface area contributed by atoms with Crippen LogP contribution < -0.4 is 5.73 Å². The number of nitrogens with two attached hydrogens (primary N) is 1. The summed E-state index contributed by atoms with van der Waals surface area (Å²) in [7, 11) is 0. The van der Waals surface area contributed by atoms with Crippen LogP contribution in [0.1, 0.15) is 137 Å². The van der Waals surface area contributed by atoms with Crippen molar-refractivity contribution in [2.24, 2.45) is 17.8 Å². The minimum Gasteiger partial charge on any atom is -0.465 e. The number of nitrogen functional groups attached to an aromatic ring is 1. The van der Waals surface area contributed by atoms with Crippen LogP contribution in [0.4, 0.5) is 5.95 Å². The second kappa shape index (κ2) is 22.5. The van der Waals surface area contributed by atoms with Gasteiger partial charge in [0, 0.05) is 18.9 Å². The molecule has 0 aliphatic carbocycles. The van der Waals surface area contributed by atoms with Gasteiger partial charge in [-0.05, 0) is 41.4 Å². The fraction of sp³-hybridized carbons (Fsp3) is 0.794. The number of fused-ring (bicyclic) bond motifs is 1. The number of aromatic nitrogens is 4. The molecule has 44 heavy (non-hydrogen) atoms. The summed E-state index contributed by atoms with van der Waals surface area (Å²) in [6, 6.07) is 0. The van der Waals surface area contributed by atoms with Crippen molar-refractivity contribution in [3.05, 3.63) is 10.0 Å². The molecule has 2 unspecified atom stereocenters. The van der Waals surface area contributed by atoms with Crippen LogP contribution in [-0.2, 0) is 25.6 Å². The Balaban J connectivity index is 1.68. The maximum Gasteiger partial charge on any atom is 0.308 e. The third kappa shape index (κ3) is 15.3. The Hall–Kier alpha value is -1.98. The highest BCUT2D eigenvalue weighted by molar-refractivity contribution is 14.1. The molecular formula is C34H58IN5O4. The van der Waals surface area contributed by atoms with E-state index in [1.165, 1.54) is 83.5 Å². The number of carbonyl (C=O) groups excluding carboxylic acids is 2. The highest BCUT2D eigenvalue weighted by atomic mass is 127. The van der Waals surface area contributed by atoms with Crippen LogP contribution in [-0.4, -0.2) is 44.7 Å². The van der Waals surface area contributed by atoms with E-state index in [1.807, 2.05) is 25.3 Å². The lowest BCUT2D eigenvalue weighted by molar-refractivity contribution is -0.151. The van der Waals surface area contributed by atoms with Gasteiger partial charge in [-0.25, -0.2) is 9.97 Å². The Morgan fingerprint density at radius 2 is 1.43 bits per heavy atom. The van der Waals surface area contributed by atoms with Gasteiger partial charge in [0.05, 0.1) is 25.5 Å². The van der Waals surface area contributed by atoms with E-state index in [0.717, 1.165) is 12.8 Å². The van der Waals surface area contributed by atoms with Crippen LogP contribution in [0.15, 0.2) is 6.33 Å². The number of hydrogen-bond donors (Lipinski definition) is 1. The van der Waals surface area contributed by atoms with Crippen molar-refractivity contribution in [2.75, 3.05) is 18.9 Å². The van der Waals surface area contributed by atoms with Gasteiger partial charge in [0.15, 0.2) is 5.65 Å². The molecule has 2 aromatic heterocycles. The van der Waals surface area contributed by atoms with Crippen molar-refractivity contribution < 1.29 is 19.1 Å². The number of hydrogen-bond acceptors (Lipinski definition) is 8. The molecule has 0 amide bonds. The molecular weight excluding hydrogens is 669 g/mol. The molecule has 9 nitrogen and oxygen atoms in total. The summed E-state index contributed by atoms with van der Waals surface area (Å²) in [5, 5.41) is 0. The monoisotopic (exact) mass is 727 g/mol. The van der Waals surface area contributed by atoms with Crippen molar-refractivity contribution in [3.63, 3.8) is 0 Å². The molecule has 0 aromatic carbocycles. The molecule has 2 N–H and O–H groups in total. The fourth-order valence-corrected chi connectivity index (χ4v) is 5.85. The Morgan fingerprint density at radius 1 is 0.864 bits per heavy atom. The summed E-state index contributed by atoms with van der Waals surface area (Å²) in [6.45, 7) is 9.18. The molecule has 2 aromatic rings. The number of carbonyl (C=O) groups is 2. The minimum absolute atomic E-state index is 0.0755. The second-order valence-corrected chi connectivity index (χ2v) is 13.7. The zero-order valence-electron chi connectivity index (χ0n) is 27.8. The summed E-state index contributed by atoms with van der Waals surface area (Å²) in [5.41, 5.74) is 7.20. The summed E-state index contributed by atoms with van der Waals surface area (Å²) >= 11 is 2.10. The average Bonchev–Trinajstić information content (AvgIpc) is 3.39. The molecule has 0 aliphatic heterocycles. The molecule has 0 saturated heterocycles. The zero-order valence-corrected chi connectivity index (χ0v) is 30.0. The van der Waals surface area contributed by atoms with Crippen LogP contribution in [0.3, 0.4) is 0 Å². The van der Waals surface area contributed by atoms with E-state index in [-0.39, 0.29) is 48.9 Å². The highest BCUT2D eigenvalue weighted by Crippen LogP contribution is 2.20. The lowest BCUT2D eigenvalue weighted by Crippen LogP contribution is -2.24. The Morgan fingerprint density at radius 3 is 2.00 bits per heavy atom. The predicted molar refractivity (Wildman–Crippen MR) is 186 cm³/mol. The SMILES string of the molecule is CCCCCCCCCCCCCCCCCC(=O)OCC(CCOC(=O)C(C)C(C)C)Cn1cnc2c(I)nc(N)nc21. The minimum atomic E-state index is -0.202. The first-order chi connectivity index (χ1) is 21.2. The lowest BCUT2D eigenvalue weighted by Gasteiger charge is -2.19. The first-order valence-electron chi connectivity index (χ1n) is 17.2. The Bertz CT molecular complexity index is 1090. The molecule has 2 rings (SSSR count). The molecule has 0 bridgehead atoms. The van der Waals surface area contributed by atoms with E-state index >= 15 is 0 Å². The molecule has 250 valence electrons. The van der Waals surface area contributed by atoms with Gasteiger partial charge in [0.25, 0.3) is 0 Å². The van der Waals surface area contributed by atoms with Gasteiger partial charge in [0.2, 0.25) is 5.95 Å². The molecule has 2 atom stereocenters. The molecule has 0 saturated carbocycles. The smallest absolute Gasteiger partial charge is 0.308 e. The van der Waals surface area contributed by atoms with Crippen molar-refractivity contribution >= 4 is 51.6 Å². The third-order valence-corrected chi connectivity index (χ3v) is 9.25. The summed E-state index contributed by atoms with van der Waals surface area (Å²) < 4.78 is 13.9. The first kappa shape index (κ1) is 38.2. The molecule has 0 fully saturated rings. The van der Waals surface area contributed by atoms with E-state index in [0.29, 0.717) is 34.3 Å². The van der Waals surface area contributed by atoms with Gasteiger partial charge < -0.3 is 19.8 Å². The molecule has 0 radical (unpaired) electrons. The number of imidazole rings is 1. The van der Waals surface area contributed by atoms with Gasteiger partial charge in [-0.3, -0.25) is 9.59 Å². The standard InChI is InChI=1S/C34H58IN5O4/c1-5-6-7-8-9-10-11-12-13-14-15-16-17-18-19-20-29(41)44-24-28(21-22-43-33(42)27(4)26(2)3)23-40-25-37-30-31(35)38-34(36)39-32(30)40/h25-28H,5-24H2,1-4H3,(H2,36,38,39). The summed E-state index contributed by atoms with van der Waals surface area (Å²) in [6.07, 6.45) is 22.1. The van der Waals surface area contributed by atoms with Gasteiger partial charge in [-0.2, -0.15) is 4.98 Å². The van der Waals surface area contributed by atoms with E-state index in [2.05, 4.69) is 44.5 Å². The van der Waals surface area contributed by atoms with E-state index in [9.17, 15) is 9.59 Å². The average molecular weight is 728 g/mol. The van der Waals surface area contributed by atoms with Crippen molar-refractivity contribution in [1.82, 2.24) is 19.5 Å². The molecule has 0 spiro atoms. The zero-order chi connectivity index (χ0) is 32.2. The number of ether oxygens (including phenoxy) is 2. The molecule has 0 aliphatic rings. The lowest BCUT2D eigenvalue weighted by atomic mass is 9.98. The number of halogens is 1. The Labute approximate surface area is 279 Å². The number of rotatable bonds is 25. The molecule has 10 heteroatoms. The topological polar surface area (TPSA) is 122 Å². The number of nitrogens with zero attached hydrogens (tertiary/aromatic N) is 4. The first-order valence-corrected chi connectivity index (χ1v) is 18.3. The Kier molecular flexibility index (Phi) is 19.5. The fourth-order valence-electron chi connectivity index (χ4n) is 5.22. The number of anilines is 1.